The maximum atomic E-state index is 12.7. The molecule has 150 valence electrons. The molecule has 1 atom stereocenters. The van der Waals surface area contributed by atoms with Crippen LogP contribution < -0.4 is 10.0 Å². The largest absolute Gasteiger partial charge is 0.315 e. The molecule has 0 saturated heterocycles. The Morgan fingerprint density at radius 2 is 1.93 bits per heavy atom. The quantitative estimate of drug-likeness (QED) is 0.419. The molecule has 2 heterocycles. The molecule has 4 aromatic rings. The standard InChI is InChI=1S/C22H23N3O2S2/c1-16(14-23-9-6-17-2-5-22-19(12-17)8-11-28-22)25-29(26,27)21-4-3-20-15-24-10-7-18(20)13-21/h2-5,7-8,10-13,15-16,23,25H,6,9,14H2,1H3/t16-/m1/s1. The molecule has 0 aliphatic rings. The van der Waals surface area contributed by atoms with E-state index in [4.69, 9.17) is 0 Å². The lowest BCUT2D eigenvalue weighted by Gasteiger charge is -2.15. The average Bonchev–Trinajstić information content (AvgIpc) is 3.18. The first-order chi connectivity index (χ1) is 14.0. The summed E-state index contributed by atoms with van der Waals surface area (Å²) in [7, 11) is -3.57. The van der Waals surface area contributed by atoms with Crippen LogP contribution in [0.15, 0.2) is 71.2 Å². The molecule has 0 radical (unpaired) electrons. The summed E-state index contributed by atoms with van der Waals surface area (Å²) in [5.74, 6) is 0. The minimum absolute atomic E-state index is 0.215. The summed E-state index contributed by atoms with van der Waals surface area (Å²) in [6.07, 6.45) is 4.29. The van der Waals surface area contributed by atoms with Crippen molar-refractivity contribution < 1.29 is 8.42 Å². The van der Waals surface area contributed by atoms with E-state index >= 15 is 0 Å². The molecule has 0 aliphatic heterocycles. The van der Waals surface area contributed by atoms with Crippen LogP contribution >= 0.6 is 11.3 Å². The second kappa shape index (κ2) is 8.59. The van der Waals surface area contributed by atoms with Crippen molar-refractivity contribution in [3.05, 3.63) is 71.9 Å². The van der Waals surface area contributed by atoms with Crippen LogP contribution in [-0.2, 0) is 16.4 Å². The second-order valence-electron chi connectivity index (χ2n) is 7.15. The molecule has 0 fully saturated rings. The number of benzene rings is 2. The van der Waals surface area contributed by atoms with E-state index in [0.29, 0.717) is 6.54 Å². The predicted octanol–water partition coefficient (Wildman–Crippen LogP) is 3.95. The minimum Gasteiger partial charge on any atom is -0.315 e. The molecular weight excluding hydrogens is 402 g/mol. The lowest BCUT2D eigenvalue weighted by molar-refractivity contribution is 0.537. The molecule has 2 aromatic heterocycles. The number of nitrogens with one attached hydrogen (secondary N) is 2. The number of hydrogen-bond acceptors (Lipinski definition) is 5. The van der Waals surface area contributed by atoms with Gasteiger partial charge in [0.1, 0.15) is 0 Å². The van der Waals surface area contributed by atoms with Crippen molar-refractivity contribution in [3.8, 4) is 0 Å². The highest BCUT2D eigenvalue weighted by molar-refractivity contribution is 7.89. The molecule has 29 heavy (non-hydrogen) atoms. The summed E-state index contributed by atoms with van der Waals surface area (Å²) in [6, 6.07) is 15.3. The van der Waals surface area contributed by atoms with Crippen molar-refractivity contribution >= 4 is 42.2 Å². The zero-order chi connectivity index (χ0) is 20.3. The number of sulfonamides is 1. The van der Waals surface area contributed by atoms with Gasteiger partial charge < -0.3 is 5.32 Å². The summed E-state index contributed by atoms with van der Waals surface area (Å²) in [5.41, 5.74) is 1.28. The van der Waals surface area contributed by atoms with E-state index in [-0.39, 0.29) is 10.9 Å². The van der Waals surface area contributed by atoms with Gasteiger partial charge in [0.15, 0.2) is 0 Å². The maximum Gasteiger partial charge on any atom is 0.240 e. The van der Waals surface area contributed by atoms with Crippen molar-refractivity contribution in [3.63, 3.8) is 0 Å². The Kier molecular flexibility index (Phi) is 5.91. The van der Waals surface area contributed by atoms with Crippen LogP contribution in [0.1, 0.15) is 12.5 Å². The van der Waals surface area contributed by atoms with Gasteiger partial charge >= 0.3 is 0 Å². The van der Waals surface area contributed by atoms with Crippen molar-refractivity contribution in [1.82, 2.24) is 15.0 Å². The fraction of sp³-hybridized carbons (Fsp3) is 0.227. The Hall–Kier alpha value is -2.32. The average molecular weight is 426 g/mol. The summed E-state index contributed by atoms with van der Waals surface area (Å²) in [4.78, 5) is 4.33. The van der Waals surface area contributed by atoms with E-state index in [2.05, 4.69) is 44.7 Å². The van der Waals surface area contributed by atoms with E-state index in [9.17, 15) is 8.42 Å². The molecule has 0 saturated carbocycles. The molecule has 0 unspecified atom stereocenters. The molecule has 0 aliphatic carbocycles. The lowest BCUT2D eigenvalue weighted by atomic mass is 10.1. The van der Waals surface area contributed by atoms with Crippen LogP contribution in [0.4, 0.5) is 0 Å². The van der Waals surface area contributed by atoms with E-state index in [1.165, 1.54) is 15.6 Å². The van der Waals surface area contributed by atoms with E-state index in [1.54, 1.807) is 41.9 Å². The number of nitrogens with zero attached hydrogens (tertiary/aromatic N) is 1. The Morgan fingerprint density at radius 3 is 2.83 bits per heavy atom. The van der Waals surface area contributed by atoms with Gasteiger partial charge in [-0.2, -0.15) is 0 Å². The van der Waals surface area contributed by atoms with Gasteiger partial charge in [0.05, 0.1) is 4.90 Å². The lowest BCUT2D eigenvalue weighted by Crippen LogP contribution is -2.40. The molecule has 0 amide bonds. The van der Waals surface area contributed by atoms with Crippen molar-refractivity contribution in [1.29, 1.82) is 0 Å². The number of rotatable bonds is 8. The summed E-state index contributed by atoms with van der Waals surface area (Å²) >= 11 is 1.75. The van der Waals surface area contributed by atoms with Crippen LogP contribution in [0.5, 0.6) is 0 Å². The molecule has 2 aromatic carbocycles. The molecule has 0 bridgehead atoms. The van der Waals surface area contributed by atoms with Gasteiger partial charge in [-0.1, -0.05) is 18.2 Å². The molecule has 4 rings (SSSR count). The van der Waals surface area contributed by atoms with Gasteiger partial charge in [-0.3, -0.25) is 4.98 Å². The Bertz CT molecular complexity index is 1240. The molecule has 5 nitrogen and oxygen atoms in total. The van der Waals surface area contributed by atoms with Crippen LogP contribution in [0.25, 0.3) is 20.9 Å². The first-order valence-electron chi connectivity index (χ1n) is 9.54. The molecule has 7 heteroatoms. The summed E-state index contributed by atoms with van der Waals surface area (Å²) in [6.45, 7) is 3.23. The molecule has 2 N–H and O–H groups in total. The van der Waals surface area contributed by atoms with Crippen LogP contribution in [0, 0.1) is 0 Å². The monoisotopic (exact) mass is 425 g/mol. The summed E-state index contributed by atoms with van der Waals surface area (Å²) in [5, 5.41) is 8.50. The zero-order valence-electron chi connectivity index (χ0n) is 16.1. The van der Waals surface area contributed by atoms with Crippen molar-refractivity contribution in [2.24, 2.45) is 0 Å². The number of fused-ring (bicyclic) bond motifs is 2. The van der Waals surface area contributed by atoms with Crippen molar-refractivity contribution in [2.75, 3.05) is 13.1 Å². The highest BCUT2D eigenvalue weighted by Gasteiger charge is 2.17. The van der Waals surface area contributed by atoms with Gasteiger partial charge in [-0.05, 0) is 71.9 Å². The topological polar surface area (TPSA) is 71.1 Å². The smallest absolute Gasteiger partial charge is 0.240 e. The number of pyridine rings is 1. The Morgan fingerprint density at radius 1 is 1.03 bits per heavy atom. The molecule has 0 spiro atoms. The van der Waals surface area contributed by atoms with E-state index in [1.807, 2.05) is 13.0 Å². The third kappa shape index (κ3) is 4.82. The number of thiophene rings is 1. The SMILES string of the molecule is C[C@H](CNCCc1ccc2sccc2c1)NS(=O)(=O)c1ccc2cnccc2c1. The van der Waals surface area contributed by atoms with Crippen LogP contribution in [0.3, 0.4) is 0 Å². The second-order valence-corrected chi connectivity index (χ2v) is 9.82. The minimum atomic E-state index is -3.57. The Labute approximate surface area is 174 Å². The summed E-state index contributed by atoms with van der Waals surface area (Å²) < 4.78 is 29.4. The van der Waals surface area contributed by atoms with Crippen LogP contribution in [0.2, 0.25) is 0 Å². The number of aromatic nitrogens is 1. The van der Waals surface area contributed by atoms with Gasteiger partial charge in [0.2, 0.25) is 10.0 Å². The number of hydrogen-bond donors (Lipinski definition) is 2. The maximum absolute atomic E-state index is 12.7. The normalized spacial score (nSPS) is 13.1. The highest BCUT2D eigenvalue weighted by atomic mass is 32.2. The van der Waals surface area contributed by atoms with Gasteiger partial charge in [-0.15, -0.1) is 11.3 Å². The highest BCUT2D eigenvalue weighted by Crippen LogP contribution is 2.22. The first-order valence-corrected chi connectivity index (χ1v) is 11.9. The Balaban J connectivity index is 1.30. The third-order valence-corrected chi connectivity index (χ3v) is 7.32. The third-order valence-electron chi connectivity index (χ3n) is 4.84. The zero-order valence-corrected chi connectivity index (χ0v) is 17.8. The van der Waals surface area contributed by atoms with Crippen LogP contribution in [-0.4, -0.2) is 32.5 Å². The molecular formula is C22H23N3O2S2. The van der Waals surface area contributed by atoms with E-state index in [0.717, 1.165) is 23.7 Å². The van der Waals surface area contributed by atoms with E-state index < -0.39 is 10.0 Å². The van der Waals surface area contributed by atoms with Gasteiger partial charge in [-0.25, -0.2) is 13.1 Å². The van der Waals surface area contributed by atoms with Gasteiger partial charge in [0.25, 0.3) is 0 Å². The fourth-order valence-corrected chi connectivity index (χ4v) is 5.38. The fourth-order valence-electron chi connectivity index (χ4n) is 3.33. The van der Waals surface area contributed by atoms with Crippen molar-refractivity contribution in [2.45, 2.75) is 24.3 Å². The van der Waals surface area contributed by atoms with Gasteiger partial charge in [0, 0.05) is 35.1 Å². The first kappa shape index (κ1) is 20.0. The predicted molar refractivity (Wildman–Crippen MR) is 120 cm³/mol.